The quantitative estimate of drug-likeness (QED) is 0.779. The van der Waals surface area contributed by atoms with Crippen molar-refractivity contribution in [3.8, 4) is 5.75 Å². The van der Waals surface area contributed by atoms with Crippen LogP contribution in [0.2, 0.25) is 0 Å². The van der Waals surface area contributed by atoms with Gasteiger partial charge in [-0.2, -0.15) is 0 Å². The number of carbonyl (C=O) groups is 1. The molecule has 3 nitrogen and oxygen atoms in total. The largest absolute Gasteiger partial charge is 0.491 e. The molecule has 2 aromatic rings. The summed E-state index contributed by atoms with van der Waals surface area (Å²) >= 11 is 0. The number of carbonyl (C=O) groups excluding carboxylic acids is 1. The van der Waals surface area contributed by atoms with E-state index in [1.165, 1.54) is 17.7 Å². The first-order valence-corrected chi connectivity index (χ1v) is 8.24. The highest BCUT2D eigenvalue weighted by Gasteiger charge is 2.22. The summed E-state index contributed by atoms with van der Waals surface area (Å²) in [5.41, 5.74) is 3.38. The Labute approximate surface area is 137 Å². The number of hydrogen-bond acceptors (Lipinski definition) is 3. The Kier molecular flexibility index (Phi) is 4.65. The second kappa shape index (κ2) is 6.86. The van der Waals surface area contributed by atoms with Gasteiger partial charge in [0.15, 0.2) is 5.78 Å². The highest BCUT2D eigenvalue weighted by molar-refractivity contribution is 5.96. The molecule has 0 radical (unpaired) electrons. The normalized spacial score (nSPS) is 16.8. The van der Waals surface area contributed by atoms with Crippen LogP contribution in [-0.4, -0.2) is 25.0 Å². The molecular formula is C20H23NO2. The van der Waals surface area contributed by atoms with Crippen molar-refractivity contribution in [2.24, 2.45) is 0 Å². The summed E-state index contributed by atoms with van der Waals surface area (Å²) in [6.07, 6.45) is 2.31. The van der Waals surface area contributed by atoms with Crippen LogP contribution in [0.15, 0.2) is 48.5 Å². The molecule has 1 aliphatic rings. The van der Waals surface area contributed by atoms with Gasteiger partial charge in [0.2, 0.25) is 0 Å². The molecule has 23 heavy (non-hydrogen) atoms. The Bertz CT molecular complexity index is 696. The van der Waals surface area contributed by atoms with E-state index in [1.807, 2.05) is 24.3 Å². The number of para-hydroxylation sites is 2. The Balaban J connectivity index is 1.69. The van der Waals surface area contributed by atoms with Gasteiger partial charge in [0, 0.05) is 11.7 Å². The van der Waals surface area contributed by atoms with Crippen LogP contribution < -0.4 is 9.64 Å². The molecule has 0 saturated carbocycles. The Morgan fingerprint density at radius 2 is 1.91 bits per heavy atom. The molecule has 0 bridgehead atoms. The van der Waals surface area contributed by atoms with Crippen molar-refractivity contribution in [1.82, 2.24) is 0 Å². The van der Waals surface area contributed by atoms with Gasteiger partial charge < -0.3 is 9.64 Å². The molecule has 0 N–H and O–H groups in total. The van der Waals surface area contributed by atoms with Crippen molar-refractivity contribution in [3.63, 3.8) is 0 Å². The number of anilines is 1. The van der Waals surface area contributed by atoms with Gasteiger partial charge in [0.05, 0.1) is 12.1 Å². The molecule has 0 spiro atoms. The van der Waals surface area contributed by atoms with E-state index < -0.39 is 0 Å². The summed E-state index contributed by atoms with van der Waals surface area (Å²) in [6.45, 7) is 5.23. The molecule has 1 heterocycles. The number of Topliss-reactive ketones (excluding diaryl/α,β-unsaturated/α-hetero) is 1. The van der Waals surface area contributed by atoms with Gasteiger partial charge in [-0.25, -0.2) is 0 Å². The van der Waals surface area contributed by atoms with Crippen LogP contribution in [0.3, 0.4) is 0 Å². The lowest BCUT2D eigenvalue weighted by Crippen LogP contribution is -2.40. The van der Waals surface area contributed by atoms with E-state index in [4.69, 9.17) is 4.74 Å². The van der Waals surface area contributed by atoms with Gasteiger partial charge >= 0.3 is 0 Å². The highest BCUT2D eigenvalue weighted by Crippen LogP contribution is 2.30. The number of benzene rings is 2. The molecule has 0 fully saturated rings. The molecule has 2 aromatic carbocycles. The third-order valence-electron chi connectivity index (χ3n) is 4.52. The van der Waals surface area contributed by atoms with Gasteiger partial charge in [-0.05, 0) is 50.5 Å². The minimum atomic E-state index is 0.0392. The van der Waals surface area contributed by atoms with Gasteiger partial charge in [-0.1, -0.05) is 30.3 Å². The summed E-state index contributed by atoms with van der Waals surface area (Å²) < 4.78 is 5.90. The monoisotopic (exact) mass is 309 g/mol. The number of fused-ring (bicyclic) bond motifs is 1. The van der Waals surface area contributed by atoms with Crippen LogP contribution in [0.25, 0.3) is 0 Å². The zero-order chi connectivity index (χ0) is 16.2. The molecule has 3 rings (SSSR count). The van der Waals surface area contributed by atoms with Crippen molar-refractivity contribution in [1.29, 1.82) is 0 Å². The minimum absolute atomic E-state index is 0.0392. The van der Waals surface area contributed by atoms with Crippen LogP contribution in [0.5, 0.6) is 5.75 Å². The first-order valence-electron chi connectivity index (χ1n) is 8.24. The van der Waals surface area contributed by atoms with Crippen molar-refractivity contribution >= 4 is 11.5 Å². The molecule has 1 unspecified atom stereocenters. The predicted octanol–water partition coefficient (Wildman–Crippen LogP) is 4.11. The Morgan fingerprint density at radius 1 is 1.17 bits per heavy atom. The van der Waals surface area contributed by atoms with E-state index in [0.717, 1.165) is 13.0 Å². The molecular weight excluding hydrogens is 286 g/mol. The van der Waals surface area contributed by atoms with Crippen LogP contribution >= 0.6 is 0 Å². The summed E-state index contributed by atoms with van der Waals surface area (Å²) in [5, 5.41) is 0. The lowest BCUT2D eigenvalue weighted by molar-refractivity contribution is 0.101. The van der Waals surface area contributed by atoms with Crippen molar-refractivity contribution in [2.45, 2.75) is 32.7 Å². The fourth-order valence-electron chi connectivity index (χ4n) is 3.24. The fourth-order valence-corrected chi connectivity index (χ4v) is 3.24. The first kappa shape index (κ1) is 15.6. The van der Waals surface area contributed by atoms with Crippen LogP contribution in [-0.2, 0) is 6.42 Å². The molecule has 0 saturated heterocycles. The maximum Gasteiger partial charge on any atom is 0.163 e. The van der Waals surface area contributed by atoms with Crippen molar-refractivity contribution in [2.75, 3.05) is 18.1 Å². The van der Waals surface area contributed by atoms with E-state index in [9.17, 15) is 4.79 Å². The summed E-state index contributed by atoms with van der Waals surface area (Å²) in [4.78, 5) is 14.1. The maximum absolute atomic E-state index is 11.7. The summed E-state index contributed by atoms with van der Waals surface area (Å²) in [5.74, 6) is 0.718. The topological polar surface area (TPSA) is 29.5 Å². The maximum atomic E-state index is 11.7. The van der Waals surface area contributed by atoms with Crippen LogP contribution in [0, 0.1) is 0 Å². The summed E-state index contributed by atoms with van der Waals surface area (Å²) in [7, 11) is 0. The average molecular weight is 309 g/mol. The van der Waals surface area contributed by atoms with Gasteiger partial charge in [-0.3, -0.25) is 4.79 Å². The lowest BCUT2D eigenvalue weighted by atomic mass is 9.97. The fraction of sp³-hybridized carbons (Fsp3) is 0.350. The third-order valence-corrected chi connectivity index (χ3v) is 4.52. The SMILES string of the molecule is CC(=O)c1ccccc1OCCN1c2ccccc2CCC1C. The van der Waals surface area contributed by atoms with Crippen molar-refractivity contribution < 1.29 is 9.53 Å². The first-order chi connectivity index (χ1) is 11.2. The standard InChI is InChI=1S/C20H23NO2/c1-15-11-12-17-7-3-5-9-19(17)21(15)13-14-23-20-10-6-4-8-18(20)16(2)22/h3-10,15H,11-14H2,1-2H3. The second-order valence-corrected chi connectivity index (χ2v) is 6.11. The number of ketones is 1. The molecule has 0 aromatic heterocycles. The minimum Gasteiger partial charge on any atom is -0.491 e. The van der Waals surface area contributed by atoms with E-state index >= 15 is 0 Å². The average Bonchev–Trinajstić information content (AvgIpc) is 2.57. The Hall–Kier alpha value is -2.29. The number of hydrogen-bond donors (Lipinski definition) is 0. The Morgan fingerprint density at radius 3 is 2.74 bits per heavy atom. The smallest absolute Gasteiger partial charge is 0.163 e. The highest BCUT2D eigenvalue weighted by atomic mass is 16.5. The number of ether oxygens (including phenoxy) is 1. The van der Waals surface area contributed by atoms with Crippen LogP contribution in [0.4, 0.5) is 5.69 Å². The third kappa shape index (κ3) is 3.39. The van der Waals surface area contributed by atoms with E-state index in [-0.39, 0.29) is 5.78 Å². The molecule has 1 aliphatic heterocycles. The van der Waals surface area contributed by atoms with E-state index in [1.54, 1.807) is 6.92 Å². The van der Waals surface area contributed by atoms with E-state index in [2.05, 4.69) is 36.1 Å². The summed E-state index contributed by atoms with van der Waals surface area (Å²) in [6, 6.07) is 16.6. The molecule has 3 heteroatoms. The zero-order valence-corrected chi connectivity index (χ0v) is 13.8. The van der Waals surface area contributed by atoms with Gasteiger partial charge in [0.25, 0.3) is 0 Å². The van der Waals surface area contributed by atoms with Crippen LogP contribution in [0.1, 0.15) is 36.2 Å². The second-order valence-electron chi connectivity index (χ2n) is 6.11. The lowest BCUT2D eigenvalue weighted by Gasteiger charge is -2.37. The number of nitrogens with zero attached hydrogens (tertiary/aromatic N) is 1. The van der Waals surface area contributed by atoms with Gasteiger partial charge in [0.1, 0.15) is 12.4 Å². The van der Waals surface area contributed by atoms with Gasteiger partial charge in [-0.15, -0.1) is 0 Å². The van der Waals surface area contributed by atoms with Crippen molar-refractivity contribution in [3.05, 3.63) is 59.7 Å². The molecule has 120 valence electrons. The zero-order valence-electron chi connectivity index (χ0n) is 13.8. The molecule has 1 atom stereocenters. The number of rotatable bonds is 5. The molecule has 0 amide bonds. The number of aryl methyl sites for hydroxylation is 1. The van der Waals surface area contributed by atoms with E-state index in [0.29, 0.717) is 24.0 Å². The molecule has 0 aliphatic carbocycles. The predicted molar refractivity (Wildman–Crippen MR) is 93.5 cm³/mol.